The van der Waals surface area contributed by atoms with Gasteiger partial charge in [-0.15, -0.1) is 0 Å². The molecule has 0 N–H and O–H groups in total. The molecule has 3 aromatic rings. The lowest BCUT2D eigenvalue weighted by Crippen LogP contribution is -2.35. The summed E-state index contributed by atoms with van der Waals surface area (Å²) in [7, 11) is 0. The van der Waals surface area contributed by atoms with Gasteiger partial charge in [0.15, 0.2) is 0 Å². The predicted octanol–water partition coefficient (Wildman–Crippen LogP) is 6.31. The summed E-state index contributed by atoms with van der Waals surface area (Å²) < 4.78 is 0. The van der Waals surface area contributed by atoms with E-state index >= 15 is 0 Å². The molecule has 2 aromatic heterocycles. The Kier molecular flexibility index (Phi) is 6.43. The van der Waals surface area contributed by atoms with Crippen molar-refractivity contribution >= 4 is 5.95 Å². The van der Waals surface area contributed by atoms with Crippen molar-refractivity contribution in [2.24, 2.45) is 5.92 Å². The van der Waals surface area contributed by atoms with E-state index in [9.17, 15) is 0 Å². The summed E-state index contributed by atoms with van der Waals surface area (Å²) in [4.78, 5) is 17.1. The molecule has 0 spiro atoms. The first-order chi connectivity index (χ1) is 16.2. The summed E-state index contributed by atoms with van der Waals surface area (Å²) in [5, 5.41) is 0. The second kappa shape index (κ2) is 9.62. The third kappa shape index (κ3) is 4.53. The zero-order valence-electron chi connectivity index (χ0n) is 20.1. The van der Waals surface area contributed by atoms with E-state index in [0.29, 0.717) is 5.92 Å². The summed E-state index contributed by atoms with van der Waals surface area (Å²) in [6.45, 7) is 6.77. The molecule has 4 nitrogen and oxygen atoms in total. The predicted molar refractivity (Wildman–Crippen MR) is 135 cm³/mol. The van der Waals surface area contributed by atoms with Crippen molar-refractivity contribution in [1.29, 1.82) is 0 Å². The first-order valence-corrected chi connectivity index (χ1v) is 12.7. The van der Waals surface area contributed by atoms with Crippen molar-refractivity contribution in [2.75, 3.05) is 18.0 Å². The van der Waals surface area contributed by atoms with Gasteiger partial charge in [0.2, 0.25) is 5.95 Å². The number of aromatic nitrogens is 3. The van der Waals surface area contributed by atoms with E-state index < -0.39 is 0 Å². The molecule has 5 rings (SSSR count). The lowest BCUT2D eigenvalue weighted by molar-refractivity contribution is 0.432. The summed E-state index contributed by atoms with van der Waals surface area (Å²) in [6, 6.07) is 15.3. The van der Waals surface area contributed by atoms with Gasteiger partial charge in [0.05, 0.1) is 5.69 Å². The topological polar surface area (TPSA) is 41.9 Å². The molecule has 1 atom stereocenters. The van der Waals surface area contributed by atoms with Crippen LogP contribution < -0.4 is 4.90 Å². The maximum atomic E-state index is 5.40. The molecule has 1 aromatic carbocycles. The summed E-state index contributed by atoms with van der Waals surface area (Å²) >= 11 is 0. The largest absolute Gasteiger partial charge is 0.341 e. The number of piperidine rings is 1. The fourth-order valence-corrected chi connectivity index (χ4v) is 5.84. The van der Waals surface area contributed by atoms with Crippen molar-refractivity contribution in [2.45, 2.75) is 70.1 Å². The van der Waals surface area contributed by atoms with Crippen LogP contribution >= 0.6 is 0 Å². The van der Waals surface area contributed by atoms with Gasteiger partial charge in [-0.2, -0.15) is 0 Å². The molecule has 172 valence electrons. The van der Waals surface area contributed by atoms with Gasteiger partial charge >= 0.3 is 0 Å². The summed E-state index contributed by atoms with van der Waals surface area (Å²) in [5.41, 5.74) is 5.25. The highest BCUT2D eigenvalue weighted by molar-refractivity contribution is 5.44. The second-order valence-corrected chi connectivity index (χ2v) is 10.3. The standard InChI is InChI=1S/C29H36N4/c1-22-12-17-33(18-13-22)28-31-21-25(19-23(2)24-9-8-16-30-20-24)27(32-28)29(14-6-7-15-29)26-10-4-3-5-11-26/h3-5,8-11,16,20-23H,6-7,12-15,17-19H2,1-2H3. The number of anilines is 1. The minimum atomic E-state index is -0.00792. The monoisotopic (exact) mass is 440 g/mol. The minimum Gasteiger partial charge on any atom is -0.341 e. The Morgan fingerprint density at radius 1 is 1.00 bits per heavy atom. The van der Waals surface area contributed by atoms with Gasteiger partial charge in [-0.1, -0.05) is 63.1 Å². The van der Waals surface area contributed by atoms with E-state index in [4.69, 9.17) is 9.97 Å². The average Bonchev–Trinajstić information content (AvgIpc) is 3.37. The summed E-state index contributed by atoms with van der Waals surface area (Å²) in [6.07, 6.45) is 14.2. The zero-order valence-corrected chi connectivity index (χ0v) is 20.1. The molecular formula is C29H36N4. The van der Waals surface area contributed by atoms with Crippen LogP contribution in [0.1, 0.15) is 80.7 Å². The molecule has 1 saturated carbocycles. The van der Waals surface area contributed by atoms with Crippen LogP contribution in [-0.4, -0.2) is 28.0 Å². The Bertz CT molecular complexity index is 1040. The van der Waals surface area contributed by atoms with Gasteiger partial charge in [-0.3, -0.25) is 4.98 Å². The molecule has 1 unspecified atom stereocenters. The first-order valence-electron chi connectivity index (χ1n) is 12.7. The van der Waals surface area contributed by atoms with E-state index in [1.54, 1.807) is 0 Å². The minimum absolute atomic E-state index is 0.00792. The van der Waals surface area contributed by atoms with Gasteiger partial charge in [0.1, 0.15) is 0 Å². The van der Waals surface area contributed by atoms with Crippen LogP contribution in [0.3, 0.4) is 0 Å². The van der Waals surface area contributed by atoms with E-state index in [2.05, 4.69) is 66.3 Å². The highest BCUT2D eigenvalue weighted by Crippen LogP contribution is 2.47. The van der Waals surface area contributed by atoms with Crippen molar-refractivity contribution in [1.82, 2.24) is 15.0 Å². The smallest absolute Gasteiger partial charge is 0.225 e. The maximum absolute atomic E-state index is 5.40. The van der Waals surface area contributed by atoms with Gasteiger partial charge in [0.25, 0.3) is 0 Å². The van der Waals surface area contributed by atoms with E-state index in [-0.39, 0.29) is 5.41 Å². The van der Waals surface area contributed by atoms with Gasteiger partial charge in [-0.25, -0.2) is 9.97 Å². The van der Waals surface area contributed by atoms with Crippen LogP contribution in [0.4, 0.5) is 5.95 Å². The van der Waals surface area contributed by atoms with Crippen LogP contribution in [0.25, 0.3) is 0 Å². The highest BCUT2D eigenvalue weighted by atomic mass is 15.3. The lowest BCUT2D eigenvalue weighted by Gasteiger charge is -2.34. The number of rotatable bonds is 6. The molecule has 3 heterocycles. The van der Waals surface area contributed by atoms with Gasteiger partial charge < -0.3 is 4.90 Å². The van der Waals surface area contributed by atoms with Crippen LogP contribution in [0, 0.1) is 5.92 Å². The SMILES string of the molecule is CC1CCN(c2ncc(CC(C)c3cccnc3)c(C3(c4ccccc4)CCCC3)n2)CC1. The molecule has 0 amide bonds. The first kappa shape index (κ1) is 22.1. The fraction of sp³-hybridized carbons (Fsp3) is 0.483. The number of hydrogen-bond acceptors (Lipinski definition) is 4. The van der Waals surface area contributed by atoms with E-state index in [1.807, 2.05) is 18.5 Å². The molecule has 1 aliphatic heterocycles. The quantitative estimate of drug-likeness (QED) is 0.450. The third-order valence-electron chi connectivity index (χ3n) is 7.93. The maximum Gasteiger partial charge on any atom is 0.225 e. The Labute approximate surface area is 198 Å². The van der Waals surface area contributed by atoms with Gasteiger partial charge in [0, 0.05) is 37.1 Å². The molecule has 2 fully saturated rings. The van der Waals surface area contributed by atoms with Gasteiger partial charge in [-0.05, 0) is 66.7 Å². The molecule has 1 aliphatic carbocycles. The van der Waals surface area contributed by atoms with Crippen LogP contribution in [-0.2, 0) is 11.8 Å². The van der Waals surface area contributed by atoms with Crippen molar-refractivity contribution in [3.63, 3.8) is 0 Å². The van der Waals surface area contributed by atoms with Crippen LogP contribution in [0.5, 0.6) is 0 Å². The Morgan fingerprint density at radius 2 is 1.76 bits per heavy atom. The lowest BCUT2D eigenvalue weighted by atomic mass is 9.73. The van der Waals surface area contributed by atoms with E-state index in [1.165, 1.54) is 60.9 Å². The van der Waals surface area contributed by atoms with Crippen molar-refractivity contribution in [3.8, 4) is 0 Å². The zero-order chi connectivity index (χ0) is 22.7. The number of benzene rings is 1. The molecule has 1 saturated heterocycles. The molecule has 0 bridgehead atoms. The number of hydrogen-bond donors (Lipinski definition) is 0. The molecule has 4 heteroatoms. The summed E-state index contributed by atoms with van der Waals surface area (Å²) in [5.74, 6) is 2.10. The number of pyridine rings is 1. The third-order valence-corrected chi connectivity index (χ3v) is 7.93. The highest BCUT2D eigenvalue weighted by Gasteiger charge is 2.41. The second-order valence-electron chi connectivity index (χ2n) is 10.3. The molecule has 33 heavy (non-hydrogen) atoms. The molecule has 2 aliphatic rings. The molecule has 0 radical (unpaired) electrons. The normalized spacial score (nSPS) is 19.5. The Balaban J connectivity index is 1.57. The van der Waals surface area contributed by atoms with Crippen LogP contribution in [0.15, 0.2) is 61.1 Å². The fourth-order valence-electron chi connectivity index (χ4n) is 5.84. The van der Waals surface area contributed by atoms with Crippen molar-refractivity contribution in [3.05, 3.63) is 83.4 Å². The average molecular weight is 441 g/mol. The van der Waals surface area contributed by atoms with Crippen LogP contribution in [0.2, 0.25) is 0 Å². The molecular weight excluding hydrogens is 404 g/mol. The Morgan fingerprint density at radius 3 is 2.45 bits per heavy atom. The Hall–Kier alpha value is -2.75. The van der Waals surface area contributed by atoms with E-state index in [0.717, 1.165) is 31.4 Å². The number of nitrogens with zero attached hydrogens (tertiary/aromatic N) is 4. The van der Waals surface area contributed by atoms with Crippen molar-refractivity contribution < 1.29 is 0 Å².